The molecule has 0 unspecified atom stereocenters. The van der Waals surface area contributed by atoms with Gasteiger partial charge in [-0.3, -0.25) is 9.59 Å². The van der Waals surface area contributed by atoms with Crippen LogP contribution < -0.4 is 14.8 Å². The quantitative estimate of drug-likeness (QED) is 0.546. The predicted octanol–water partition coefficient (Wildman–Crippen LogP) is 4.33. The number of rotatable bonds is 7. The van der Waals surface area contributed by atoms with E-state index in [2.05, 4.69) is 10.3 Å². The Balaban J connectivity index is 1.89. The molecule has 1 aromatic heterocycles. The molecular weight excluding hydrogens is 436 g/mol. The normalized spacial score (nSPS) is 11.2. The maximum atomic E-state index is 14.6. The topological polar surface area (TPSA) is 122 Å². The van der Waals surface area contributed by atoms with Crippen LogP contribution in [-0.2, 0) is 4.79 Å². The third kappa shape index (κ3) is 5.40. The second kappa shape index (κ2) is 9.74. The molecule has 0 spiro atoms. The highest BCUT2D eigenvalue weighted by molar-refractivity contribution is 5.96. The smallest absolute Gasteiger partial charge is 0.325 e. The highest BCUT2D eigenvalue weighted by Gasteiger charge is 2.21. The summed E-state index contributed by atoms with van der Waals surface area (Å²) in [6.45, 7) is 2.48. The number of carboxylic acid groups (broad SMARTS) is 1. The number of halogens is 2. The van der Waals surface area contributed by atoms with E-state index in [1.54, 1.807) is 0 Å². The van der Waals surface area contributed by atoms with E-state index in [-0.39, 0.29) is 22.6 Å². The molecule has 2 N–H and O–H groups in total. The average molecular weight is 453 g/mol. The van der Waals surface area contributed by atoms with Crippen molar-refractivity contribution in [2.24, 2.45) is 0 Å². The molecule has 0 bridgehead atoms. The zero-order valence-corrected chi connectivity index (χ0v) is 17.4. The van der Waals surface area contributed by atoms with Gasteiger partial charge in [0.15, 0.2) is 11.6 Å². The molecule has 0 saturated carbocycles. The summed E-state index contributed by atoms with van der Waals surface area (Å²) in [5.41, 5.74) is -0.0734. The number of nitrogens with zero attached hydrogens (tertiary/aromatic N) is 2. The molecule has 0 aliphatic carbocycles. The summed E-state index contributed by atoms with van der Waals surface area (Å²) in [6, 6.07) is 12.2. The molecular formula is C23H17F2N3O5. The van der Waals surface area contributed by atoms with Crippen LogP contribution >= 0.6 is 0 Å². The van der Waals surface area contributed by atoms with Crippen LogP contribution in [0.1, 0.15) is 28.4 Å². The number of nitriles is 1. The van der Waals surface area contributed by atoms with E-state index in [1.165, 1.54) is 62.4 Å². The molecule has 10 heteroatoms. The molecule has 1 atom stereocenters. The Morgan fingerprint density at radius 3 is 2.21 bits per heavy atom. The lowest BCUT2D eigenvalue weighted by atomic mass is 10.2. The van der Waals surface area contributed by atoms with Gasteiger partial charge in [-0.2, -0.15) is 10.2 Å². The lowest BCUT2D eigenvalue weighted by molar-refractivity contribution is -0.138. The number of hydrogen-bond acceptors (Lipinski definition) is 6. The fraction of sp³-hybridized carbons (Fsp3) is 0.130. The van der Waals surface area contributed by atoms with Crippen LogP contribution in [0, 0.1) is 29.9 Å². The van der Waals surface area contributed by atoms with Crippen LogP contribution in [-0.4, -0.2) is 28.0 Å². The summed E-state index contributed by atoms with van der Waals surface area (Å²) in [6.07, 6.45) is 0. The van der Waals surface area contributed by atoms with E-state index in [9.17, 15) is 18.4 Å². The first-order valence-corrected chi connectivity index (χ1v) is 9.54. The molecule has 0 aliphatic rings. The van der Waals surface area contributed by atoms with Crippen molar-refractivity contribution in [1.82, 2.24) is 10.3 Å². The minimum atomic E-state index is -1.21. The molecule has 3 aromatic rings. The summed E-state index contributed by atoms with van der Waals surface area (Å²) in [5.74, 6) is -5.06. The number of carbonyl (C=O) groups excluding carboxylic acids is 1. The van der Waals surface area contributed by atoms with Gasteiger partial charge in [0, 0.05) is 11.1 Å². The van der Waals surface area contributed by atoms with Gasteiger partial charge in [-0.25, -0.2) is 8.78 Å². The third-order valence-corrected chi connectivity index (χ3v) is 4.44. The molecule has 0 aliphatic heterocycles. The SMILES string of the molecule is Cc1c(F)c(Oc2cccc(C#N)c2)nc(Oc2cccc(C(=O)N[C@@H](C)C(=O)O)c2)c1F. The monoisotopic (exact) mass is 453 g/mol. The first-order chi connectivity index (χ1) is 15.7. The molecule has 8 nitrogen and oxygen atoms in total. The fourth-order valence-corrected chi connectivity index (χ4v) is 2.64. The summed E-state index contributed by atoms with van der Waals surface area (Å²) in [4.78, 5) is 26.9. The minimum absolute atomic E-state index is 0.000430. The zero-order valence-electron chi connectivity index (χ0n) is 17.4. The molecule has 0 radical (unpaired) electrons. The van der Waals surface area contributed by atoms with Gasteiger partial charge >= 0.3 is 5.97 Å². The first-order valence-electron chi connectivity index (χ1n) is 9.54. The Bertz CT molecular complexity index is 1270. The van der Waals surface area contributed by atoms with Crippen LogP contribution in [0.4, 0.5) is 8.78 Å². The fourth-order valence-electron chi connectivity index (χ4n) is 2.64. The van der Waals surface area contributed by atoms with E-state index in [0.717, 1.165) is 0 Å². The zero-order chi connectivity index (χ0) is 24.1. The largest absolute Gasteiger partial charge is 0.480 e. The molecule has 1 amide bonds. The van der Waals surface area contributed by atoms with E-state index >= 15 is 0 Å². The van der Waals surface area contributed by atoms with E-state index in [1.807, 2.05) is 6.07 Å². The lowest BCUT2D eigenvalue weighted by Crippen LogP contribution is -2.38. The molecule has 168 valence electrons. The molecule has 0 fully saturated rings. The van der Waals surface area contributed by atoms with Gasteiger partial charge in [0.2, 0.25) is 0 Å². The number of amides is 1. The van der Waals surface area contributed by atoms with Crippen molar-refractivity contribution < 1.29 is 33.0 Å². The number of nitrogens with one attached hydrogen (secondary N) is 1. The van der Waals surface area contributed by atoms with Crippen molar-refractivity contribution in [3.63, 3.8) is 0 Å². The molecule has 3 rings (SSSR count). The van der Waals surface area contributed by atoms with Crippen LogP contribution in [0.2, 0.25) is 0 Å². The van der Waals surface area contributed by atoms with Gasteiger partial charge in [-0.15, -0.1) is 0 Å². The Morgan fingerprint density at radius 1 is 1.06 bits per heavy atom. The van der Waals surface area contributed by atoms with Crippen molar-refractivity contribution in [3.05, 3.63) is 76.9 Å². The maximum Gasteiger partial charge on any atom is 0.325 e. The number of benzene rings is 2. The van der Waals surface area contributed by atoms with Gasteiger partial charge in [0.25, 0.3) is 17.7 Å². The molecule has 33 heavy (non-hydrogen) atoms. The van der Waals surface area contributed by atoms with Gasteiger partial charge in [0.1, 0.15) is 17.5 Å². The van der Waals surface area contributed by atoms with E-state index < -0.39 is 46.9 Å². The van der Waals surface area contributed by atoms with Crippen LogP contribution in [0.15, 0.2) is 48.5 Å². The first kappa shape index (κ1) is 23.1. The Hall–Kier alpha value is -4.52. The van der Waals surface area contributed by atoms with Crippen molar-refractivity contribution in [2.45, 2.75) is 19.9 Å². The van der Waals surface area contributed by atoms with Gasteiger partial charge in [-0.05, 0) is 50.2 Å². The molecule has 2 aromatic carbocycles. The minimum Gasteiger partial charge on any atom is -0.480 e. The van der Waals surface area contributed by atoms with E-state index in [4.69, 9.17) is 19.8 Å². The summed E-state index contributed by atoms with van der Waals surface area (Å²) in [7, 11) is 0. The van der Waals surface area contributed by atoms with Crippen molar-refractivity contribution >= 4 is 11.9 Å². The van der Waals surface area contributed by atoms with E-state index in [0.29, 0.717) is 0 Å². The Labute approximate surface area is 187 Å². The highest BCUT2D eigenvalue weighted by Crippen LogP contribution is 2.33. The second-order valence-electron chi connectivity index (χ2n) is 6.88. The standard InChI is InChI=1S/C23H17F2N3O5/c1-12-18(24)21(32-16-7-3-5-14(9-16)11-26)28-22(19(12)25)33-17-8-4-6-15(10-17)20(29)27-13(2)23(30)31/h3-10,13H,1-2H3,(H,27,29)(H,30,31)/t13-/m0/s1. The maximum absolute atomic E-state index is 14.6. The second-order valence-corrected chi connectivity index (χ2v) is 6.88. The number of carboxylic acids is 1. The lowest BCUT2D eigenvalue weighted by Gasteiger charge is -2.13. The highest BCUT2D eigenvalue weighted by atomic mass is 19.1. The number of ether oxygens (including phenoxy) is 2. The number of hydrogen-bond donors (Lipinski definition) is 2. The Morgan fingerprint density at radius 2 is 1.64 bits per heavy atom. The summed E-state index contributed by atoms with van der Waals surface area (Å²) in [5, 5.41) is 20.2. The Kier molecular flexibility index (Phi) is 6.83. The van der Waals surface area contributed by atoms with Gasteiger partial charge < -0.3 is 19.9 Å². The van der Waals surface area contributed by atoms with Crippen LogP contribution in [0.25, 0.3) is 0 Å². The molecule has 1 heterocycles. The van der Waals surface area contributed by atoms with Crippen LogP contribution in [0.3, 0.4) is 0 Å². The third-order valence-electron chi connectivity index (χ3n) is 4.44. The number of pyridine rings is 1. The van der Waals surface area contributed by atoms with Crippen molar-refractivity contribution in [3.8, 4) is 29.3 Å². The average Bonchev–Trinajstić information content (AvgIpc) is 2.81. The summed E-state index contributed by atoms with van der Waals surface area (Å²) < 4.78 is 40.0. The van der Waals surface area contributed by atoms with Gasteiger partial charge in [0.05, 0.1) is 11.6 Å². The number of carbonyl (C=O) groups is 2. The van der Waals surface area contributed by atoms with Crippen molar-refractivity contribution in [2.75, 3.05) is 0 Å². The van der Waals surface area contributed by atoms with Crippen molar-refractivity contribution in [1.29, 1.82) is 5.26 Å². The predicted molar refractivity (Wildman–Crippen MR) is 111 cm³/mol. The van der Waals surface area contributed by atoms with Gasteiger partial charge in [-0.1, -0.05) is 12.1 Å². The van der Waals surface area contributed by atoms with Crippen LogP contribution in [0.5, 0.6) is 23.3 Å². The summed E-state index contributed by atoms with van der Waals surface area (Å²) >= 11 is 0. The number of aromatic nitrogens is 1. The molecule has 0 saturated heterocycles. The number of aliphatic carboxylic acids is 1.